The molecule has 3 nitrogen and oxygen atoms in total. The van der Waals surface area contributed by atoms with Crippen LogP contribution in [-0.2, 0) is 10.2 Å². The van der Waals surface area contributed by atoms with Gasteiger partial charge in [0.05, 0.1) is 5.41 Å². The molecule has 0 bridgehead atoms. The number of hydrogen-bond donors (Lipinski definition) is 2. The number of benzene rings is 1. The lowest BCUT2D eigenvalue weighted by Crippen LogP contribution is -2.43. The minimum atomic E-state index is -1.07. The van der Waals surface area contributed by atoms with Crippen molar-refractivity contribution in [3.05, 3.63) is 35.4 Å². The zero-order valence-corrected chi connectivity index (χ0v) is 8.47. The lowest BCUT2D eigenvalue weighted by molar-refractivity contribution is -0.125. The topological polar surface area (TPSA) is 55.1 Å². The third kappa shape index (κ3) is 2.30. The molecule has 0 radical (unpaired) electrons. The Labute approximate surface area is 86.2 Å². The van der Waals surface area contributed by atoms with Crippen LogP contribution in [0.2, 0.25) is 0 Å². The van der Waals surface area contributed by atoms with Gasteiger partial charge in [0.2, 0.25) is 5.91 Å². The van der Waals surface area contributed by atoms with Crippen LogP contribution in [0.3, 0.4) is 0 Å². The Hall–Kier alpha value is -1.49. The van der Waals surface area contributed by atoms with Crippen LogP contribution < -0.4 is 11.3 Å². The van der Waals surface area contributed by atoms with Crippen molar-refractivity contribution in [1.29, 1.82) is 0 Å². The molecule has 82 valence electrons. The predicted octanol–water partition coefficient (Wildman–Crippen LogP) is 1.23. The summed E-state index contributed by atoms with van der Waals surface area (Å²) in [5.41, 5.74) is 1.13. The number of nitrogens with two attached hydrogens (primary N) is 1. The first kappa shape index (κ1) is 11.6. The molecule has 0 unspecified atom stereocenters. The van der Waals surface area contributed by atoms with E-state index in [4.69, 9.17) is 5.84 Å². The maximum Gasteiger partial charge on any atom is 0.243 e. The van der Waals surface area contributed by atoms with E-state index < -0.39 is 23.0 Å². The highest BCUT2D eigenvalue weighted by atomic mass is 19.1. The van der Waals surface area contributed by atoms with E-state index in [1.54, 1.807) is 0 Å². The number of amides is 1. The molecule has 1 rings (SSSR count). The molecule has 5 heteroatoms. The summed E-state index contributed by atoms with van der Waals surface area (Å²) in [7, 11) is 0. The fraction of sp³-hybridized carbons (Fsp3) is 0.300. The Balaban J connectivity index is 3.20. The molecule has 15 heavy (non-hydrogen) atoms. The van der Waals surface area contributed by atoms with Crippen molar-refractivity contribution in [1.82, 2.24) is 5.43 Å². The summed E-state index contributed by atoms with van der Waals surface area (Å²) >= 11 is 0. The zero-order valence-electron chi connectivity index (χ0n) is 8.47. The number of halogens is 2. The molecule has 0 aliphatic heterocycles. The van der Waals surface area contributed by atoms with E-state index in [0.29, 0.717) is 0 Å². The second kappa shape index (κ2) is 3.94. The molecule has 0 atom stereocenters. The van der Waals surface area contributed by atoms with Crippen LogP contribution in [0.25, 0.3) is 0 Å². The van der Waals surface area contributed by atoms with Crippen molar-refractivity contribution in [2.75, 3.05) is 0 Å². The Morgan fingerprint density at radius 2 is 1.73 bits per heavy atom. The fourth-order valence-electron chi connectivity index (χ4n) is 1.23. The summed E-state index contributed by atoms with van der Waals surface area (Å²) in [5.74, 6) is 3.04. The van der Waals surface area contributed by atoms with Crippen molar-refractivity contribution in [2.45, 2.75) is 19.3 Å². The van der Waals surface area contributed by atoms with Crippen LogP contribution in [0, 0.1) is 11.6 Å². The van der Waals surface area contributed by atoms with Crippen molar-refractivity contribution < 1.29 is 13.6 Å². The third-order valence-electron chi connectivity index (χ3n) is 2.28. The molecular formula is C10H12F2N2O. The molecule has 0 saturated carbocycles. The summed E-state index contributed by atoms with van der Waals surface area (Å²) in [6, 6.07) is 2.97. The van der Waals surface area contributed by atoms with Gasteiger partial charge in [0.25, 0.3) is 0 Å². The first-order valence-electron chi connectivity index (χ1n) is 4.35. The van der Waals surface area contributed by atoms with Crippen LogP contribution in [0.15, 0.2) is 18.2 Å². The van der Waals surface area contributed by atoms with Gasteiger partial charge in [0.15, 0.2) is 0 Å². The van der Waals surface area contributed by atoms with Crippen molar-refractivity contribution in [3.8, 4) is 0 Å². The summed E-state index contributed by atoms with van der Waals surface area (Å²) in [4.78, 5) is 11.4. The Bertz CT molecular complexity index is 371. The molecule has 0 aliphatic carbocycles. The number of carbonyl (C=O) groups is 1. The average Bonchev–Trinajstić information content (AvgIpc) is 2.15. The predicted molar refractivity (Wildman–Crippen MR) is 51.7 cm³/mol. The van der Waals surface area contributed by atoms with Crippen molar-refractivity contribution >= 4 is 5.91 Å². The van der Waals surface area contributed by atoms with Crippen molar-refractivity contribution in [2.24, 2.45) is 5.84 Å². The minimum Gasteiger partial charge on any atom is -0.294 e. The van der Waals surface area contributed by atoms with E-state index in [1.807, 2.05) is 5.43 Å². The number of hydrazine groups is 1. The molecule has 1 aromatic rings. The molecule has 0 aromatic heterocycles. The molecule has 3 N–H and O–H groups in total. The van der Waals surface area contributed by atoms with Crippen molar-refractivity contribution in [3.63, 3.8) is 0 Å². The van der Waals surface area contributed by atoms with E-state index in [-0.39, 0.29) is 5.56 Å². The Kier molecular flexibility index (Phi) is 3.04. The maximum absolute atomic E-state index is 12.9. The van der Waals surface area contributed by atoms with Crippen LogP contribution in [0.5, 0.6) is 0 Å². The second-order valence-electron chi connectivity index (χ2n) is 3.76. The molecule has 0 fully saturated rings. The number of rotatable bonds is 2. The highest BCUT2D eigenvalue weighted by Crippen LogP contribution is 2.24. The van der Waals surface area contributed by atoms with Gasteiger partial charge < -0.3 is 0 Å². The van der Waals surface area contributed by atoms with Crippen LogP contribution in [-0.4, -0.2) is 5.91 Å². The lowest BCUT2D eigenvalue weighted by Gasteiger charge is -2.22. The van der Waals surface area contributed by atoms with E-state index in [2.05, 4.69) is 0 Å². The largest absolute Gasteiger partial charge is 0.294 e. The van der Waals surface area contributed by atoms with E-state index in [1.165, 1.54) is 13.8 Å². The van der Waals surface area contributed by atoms with E-state index in [0.717, 1.165) is 18.2 Å². The van der Waals surface area contributed by atoms with Crippen LogP contribution >= 0.6 is 0 Å². The molecule has 0 spiro atoms. The van der Waals surface area contributed by atoms with Gasteiger partial charge in [-0.05, 0) is 31.5 Å². The highest BCUT2D eigenvalue weighted by Gasteiger charge is 2.30. The van der Waals surface area contributed by atoms with E-state index in [9.17, 15) is 13.6 Å². The summed E-state index contributed by atoms with van der Waals surface area (Å²) < 4.78 is 25.8. The SMILES string of the molecule is CC(C)(C(=O)NN)c1cc(F)cc(F)c1. The van der Waals surface area contributed by atoms with Gasteiger partial charge in [-0.1, -0.05) is 0 Å². The second-order valence-corrected chi connectivity index (χ2v) is 3.76. The quantitative estimate of drug-likeness (QED) is 0.442. The van der Waals surface area contributed by atoms with Crippen LogP contribution in [0.4, 0.5) is 8.78 Å². The first-order chi connectivity index (χ1) is 6.87. The van der Waals surface area contributed by atoms with Gasteiger partial charge in [0, 0.05) is 6.07 Å². The standard InChI is InChI=1S/C10H12F2N2O/c1-10(2,9(15)14-13)6-3-7(11)5-8(12)4-6/h3-5H,13H2,1-2H3,(H,14,15). The third-order valence-corrected chi connectivity index (χ3v) is 2.28. The number of hydrogen-bond acceptors (Lipinski definition) is 2. The molecule has 1 amide bonds. The number of carbonyl (C=O) groups excluding carboxylic acids is 1. The van der Waals surface area contributed by atoms with E-state index >= 15 is 0 Å². The van der Waals surface area contributed by atoms with Gasteiger partial charge in [-0.25, -0.2) is 14.6 Å². The molecule has 0 heterocycles. The molecule has 0 saturated heterocycles. The monoisotopic (exact) mass is 214 g/mol. The first-order valence-corrected chi connectivity index (χ1v) is 4.35. The Morgan fingerprint density at radius 3 is 2.13 bits per heavy atom. The molecular weight excluding hydrogens is 202 g/mol. The van der Waals surface area contributed by atoms with Gasteiger partial charge in [0.1, 0.15) is 11.6 Å². The van der Waals surface area contributed by atoms with Gasteiger partial charge in [-0.2, -0.15) is 0 Å². The highest BCUT2D eigenvalue weighted by molar-refractivity contribution is 5.86. The number of nitrogens with one attached hydrogen (secondary N) is 1. The summed E-state index contributed by atoms with van der Waals surface area (Å²) in [6.07, 6.45) is 0. The van der Waals surface area contributed by atoms with Crippen LogP contribution in [0.1, 0.15) is 19.4 Å². The summed E-state index contributed by atoms with van der Waals surface area (Å²) in [6.45, 7) is 3.06. The maximum atomic E-state index is 12.9. The Morgan fingerprint density at radius 1 is 1.27 bits per heavy atom. The zero-order chi connectivity index (χ0) is 11.6. The average molecular weight is 214 g/mol. The normalized spacial score (nSPS) is 11.3. The smallest absolute Gasteiger partial charge is 0.243 e. The molecule has 1 aromatic carbocycles. The van der Waals surface area contributed by atoms with Gasteiger partial charge in [-0.15, -0.1) is 0 Å². The summed E-state index contributed by atoms with van der Waals surface area (Å²) in [5, 5.41) is 0. The van der Waals surface area contributed by atoms with Gasteiger partial charge in [-0.3, -0.25) is 10.2 Å². The minimum absolute atomic E-state index is 0.239. The fourth-order valence-corrected chi connectivity index (χ4v) is 1.23. The molecule has 0 aliphatic rings. The van der Waals surface area contributed by atoms with Gasteiger partial charge >= 0.3 is 0 Å². The lowest BCUT2D eigenvalue weighted by atomic mass is 9.84.